The van der Waals surface area contributed by atoms with E-state index < -0.39 is 0 Å². The third-order valence-electron chi connectivity index (χ3n) is 3.94. The van der Waals surface area contributed by atoms with Gasteiger partial charge in [-0.15, -0.1) is 0 Å². The Balaban J connectivity index is 1.86. The minimum Gasteiger partial charge on any atom is -0.315 e. The molecule has 1 fully saturated rings. The Morgan fingerprint density at radius 1 is 1.06 bits per heavy atom. The molecule has 1 N–H and O–H groups in total. The Kier molecular flexibility index (Phi) is 7.87. The fourth-order valence-electron chi connectivity index (χ4n) is 2.76. The summed E-state index contributed by atoms with van der Waals surface area (Å²) in [6.45, 7) is 6.94. The van der Waals surface area contributed by atoms with Crippen molar-refractivity contribution < 1.29 is 0 Å². The molecule has 0 aromatic heterocycles. The molecule has 0 atom stereocenters. The smallest absolute Gasteiger partial charge is 0.00922 e. The molecule has 0 aromatic rings. The molecule has 1 aliphatic carbocycles. The summed E-state index contributed by atoms with van der Waals surface area (Å²) in [7, 11) is 2.32. The second-order valence-corrected chi connectivity index (χ2v) is 5.94. The van der Waals surface area contributed by atoms with E-state index in [1.165, 1.54) is 64.5 Å². The predicted molar refractivity (Wildman–Crippen MR) is 76.5 cm³/mol. The van der Waals surface area contributed by atoms with Gasteiger partial charge in [-0.05, 0) is 45.8 Å². The molecule has 1 rings (SSSR count). The van der Waals surface area contributed by atoms with E-state index in [9.17, 15) is 0 Å². The number of rotatable bonds is 9. The van der Waals surface area contributed by atoms with Gasteiger partial charge in [0.05, 0.1) is 0 Å². The molecule has 0 spiro atoms. The van der Waals surface area contributed by atoms with Crippen LogP contribution in [0.2, 0.25) is 0 Å². The maximum absolute atomic E-state index is 3.48. The molecular formula is C15H32N2. The minimum absolute atomic E-state index is 0.642. The molecule has 17 heavy (non-hydrogen) atoms. The van der Waals surface area contributed by atoms with E-state index in [2.05, 4.69) is 31.1 Å². The Morgan fingerprint density at radius 2 is 1.71 bits per heavy atom. The minimum atomic E-state index is 0.642. The molecule has 2 nitrogen and oxygen atoms in total. The van der Waals surface area contributed by atoms with Crippen molar-refractivity contribution in [3.63, 3.8) is 0 Å². The van der Waals surface area contributed by atoms with Gasteiger partial charge in [-0.3, -0.25) is 0 Å². The van der Waals surface area contributed by atoms with Crippen molar-refractivity contribution in [1.82, 2.24) is 10.2 Å². The first kappa shape index (κ1) is 15.0. The van der Waals surface area contributed by atoms with Crippen LogP contribution in [-0.4, -0.2) is 37.1 Å². The number of unbranched alkanes of at least 4 members (excludes halogenated alkanes) is 3. The zero-order valence-electron chi connectivity index (χ0n) is 12.2. The zero-order valence-corrected chi connectivity index (χ0v) is 12.2. The van der Waals surface area contributed by atoms with Crippen LogP contribution in [0.5, 0.6) is 0 Å². The third kappa shape index (κ3) is 7.05. The zero-order chi connectivity index (χ0) is 12.5. The van der Waals surface area contributed by atoms with Crippen molar-refractivity contribution in [2.45, 2.75) is 77.3 Å². The molecule has 1 saturated carbocycles. The fourth-order valence-corrected chi connectivity index (χ4v) is 2.76. The molecule has 0 amide bonds. The van der Waals surface area contributed by atoms with Gasteiger partial charge in [0.25, 0.3) is 0 Å². The average Bonchev–Trinajstić information content (AvgIpc) is 2.80. The van der Waals surface area contributed by atoms with E-state index in [4.69, 9.17) is 0 Å². The van der Waals surface area contributed by atoms with Crippen LogP contribution in [0.25, 0.3) is 0 Å². The van der Waals surface area contributed by atoms with E-state index in [1.807, 2.05) is 0 Å². The summed E-state index contributed by atoms with van der Waals surface area (Å²) < 4.78 is 0. The summed E-state index contributed by atoms with van der Waals surface area (Å²) in [6.07, 6.45) is 11.3. The summed E-state index contributed by atoms with van der Waals surface area (Å²) in [4.78, 5) is 2.60. The predicted octanol–water partition coefficient (Wildman–Crippen LogP) is 3.42. The number of nitrogens with zero attached hydrogens (tertiary/aromatic N) is 1. The molecule has 0 aromatic carbocycles. The van der Waals surface area contributed by atoms with Gasteiger partial charge in [0.2, 0.25) is 0 Å². The Labute approximate surface area is 108 Å². The highest BCUT2D eigenvalue weighted by Gasteiger charge is 2.18. The monoisotopic (exact) mass is 240 g/mol. The van der Waals surface area contributed by atoms with Crippen molar-refractivity contribution in [1.29, 1.82) is 0 Å². The molecule has 0 saturated heterocycles. The van der Waals surface area contributed by atoms with Gasteiger partial charge in [0.1, 0.15) is 0 Å². The summed E-state index contributed by atoms with van der Waals surface area (Å²) >= 11 is 0. The van der Waals surface area contributed by atoms with E-state index in [1.54, 1.807) is 0 Å². The number of hydrogen-bond acceptors (Lipinski definition) is 2. The Morgan fingerprint density at radius 3 is 2.35 bits per heavy atom. The Bertz CT molecular complexity index is 174. The fraction of sp³-hybridized carbons (Fsp3) is 1.00. The summed E-state index contributed by atoms with van der Waals surface area (Å²) in [6, 6.07) is 1.54. The third-order valence-corrected chi connectivity index (χ3v) is 3.94. The molecule has 0 aliphatic heterocycles. The highest BCUT2D eigenvalue weighted by atomic mass is 15.1. The van der Waals surface area contributed by atoms with Crippen LogP contribution in [0.15, 0.2) is 0 Å². The molecule has 0 radical (unpaired) electrons. The molecule has 0 unspecified atom stereocenters. The Hall–Kier alpha value is -0.0800. The number of hydrogen-bond donors (Lipinski definition) is 1. The van der Waals surface area contributed by atoms with Gasteiger partial charge in [0.15, 0.2) is 0 Å². The second-order valence-electron chi connectivity index (χ2n) is 5.94. The first-order valence-electron chi connectivity index (χ1n) is 7.64. The molecule has 2 heteroatoms. The van der Waals surface area contributed by atoms with Crippen molar-refractivity contribution in [3.05, 3.63) is 0 Å². The van der Waals surface area contributed by atoms with E-state index >= 15 is 0 Å². The lowest BCUT2D eigenvalue weighted by molar-refractivity contribution is 0.240. The summed E-state index contributed by atoms with van der Waals surface area (Å²) in [5.41, 5.74) is 0. The van der Waals surface area contributed by atoms with Gasteiger partial charge in [-0.1, -0.05) is 39.5 Å². The van der Waals surface area contributed by atoms with Gasteiger partial charge in [-0.2, -0.15) is 0 Å². The maximum Gasteiger partial charge on any atom is 0.00922 e. The van der Waals surface area contributed by atoms with Crippen molar-refractivity contribution in [2.24, 2.45) is 0 Å². The van der Waals surface area contributed by atoms with Gasteiger partial charge in [0, 0.05) is 12.1 Å². The SMILES string of the molecule is CC(C)NCCCCCCN(C)C1CCCC1. The van der Waals surface area contributed by atoms with Crippen LogP contribution in [-0.2, 0) is 0 Å². The van der Waals surface area contributed by atoms with E-state index in [0.717, 1.165) is 6.04 Å². The average molecular weight is 240 g/mol. The summed E-state index contributed by atoms with van der Waals surface area (Å²) in [5, 5.41) is 3.48. The normalized spacial score (nSPS) is 17.5. The van der Waals surface area contributed by atoms with Gasteiger partial charge in [-0.25, -0.2) is 0 Å². The summed E-state index contributed by atoms with van der Waals surface area (Å²) in [5.74, 6) is 0. The van der Waals surface area contributed by atoms with Crippen molar-refractivity contribution in [3.8, 4) is 0 Å². The van der Waals surface area contributed by atoms with Crippen LogP contribution < -0.4 is 5.32 Å². The van der Waals surface area contributed by atoms with Crippen molar-refractivity contribution in [2.75, 3.05) is 20.1 Å². The van der Waals surface area contributed by atoms with Gasteiger partial charge >= 0.3 is 0 Å². The molecule has 1 aliphatic rings. The number of nitrogens with one attached hydrogen (secondary N) is 1. The maximum atomic E-state index is 3.48. The first-order valence-corrected chi connectivity index (χ1v) is 7.64. The van der Waals surface area contributed by atoms with Crippen LogP contribution in [0.1, 0.15) is 65.2 Å². The molecule has 0 bridgehead atoms. The van der Waals surface area contributed by atoms with E-state index in [0.29, 0.717) is 6.04 Å². The lowest BCUT2D eigenvalue weighted by Crippen LogP contribution is -2.30. The van der Waals surface area contributed by atoms with Crippen LogP contribution >= 0.6 is 0 Å². The molecular weight excluding hydrogens is 208 g/mol. The molecule has 0 heterocycles. The van der Waals surface area contributed by atoms with Crippen LogP contribution in [0.3, 0.4) is 0 Å². The highest BCUT2D eigenvalue weighted by molar-refractivity contribution is 4.74. The highest BCUT2D eigenvalue weighted by Crippen LogP contribution is 2.22. The standard InChI is InChI=1S/C15H32N2/c1-14(2)16-12-8-4-5-9-13-17(3)15-10-6-7-11-15/h14-16H,4-13H2,1-3H3. The van der Waals surface area contributed by atoms with Crippen molar-refractivity contribution >= 4 is 0 Å². The van der Waals surface area contributed by atoms with Gasteiger partial charge < -0.3 is 10.2 Å². The topological polar surface area (TPSA) is 15.3 Å². The molecule has 102 valence electrons. The largest absolute Gasteiger partial charge is 0.315 e. The quantitative estimate of drug-likeness (QED) is 0.621. The van der Waals surface area contributed by atoms with Crippen LogP contribution in [0, 0.1) is 0 Å². The lowest BCUT2D eigenvalue weighted by Gasteiger charge is -2.23. The van der Waals surface area contributed by atoms with E-state index in [-0.39, 0.29) is 0 Å². The first-order chi connectivity index (χ1) is 8.20. The lowest BCUT2D eigenvalue weighted by atomic mass is 10.1. The van der Waals surface area contributed by atoms with Crippen LogP contribution in [0.4, 0.5) is 0 Å². The second kappa shape index (κ2) is 8.93.